The lowest BCUT2D eigenvalue weighted by Gasteiger charge is -2.22. The Morgan fingerprint density at radius 1 is 1.32 bits per heavy atom. The third kappa shape index (κ3) is 2.98. The number of benzene rings is 1. The molecule has 1 aliphatic heterocycles. The van der Waals surface area contributed by atoms with Gasteiger partial charge in [-0.15, -0.1) is 0 Å². The second-order valence-electron chi connectivity index (χ2n) is 5.50. The number of aliphatic hydroxyl groups excluding tert-OH is 1. The Bertz CT molecular complexity index is 555. The van der Waals surface area contributed by atoms with E-state index in [-0.39, 0.29) is 0 Å². The summed E-state index contributed by atoms with van der Waals surface area (Å²) in [5.41, 5.74) is 2.09. The third-order valence-corrected chi connectivity index (χ3v) is 4.97. The molecule has 0 bridgehead atoms. The maximum atomic E-state index is 10.3. The molecule has 0 spiro atoms. The van der Waals surface area contributed by atoms with Gasteiger partial charge in [-0.25, -0.2) is 0 Å². The van der Waals surface area contributed by atoms with E-state index in [2.05, 4.69) is 13.0 Å². The van der Waals surface area contributed by atoms with Crippen LogP contribution in [0.1, 0.15) is 36.7 Å². The second-order valence-corrected chi connectivity index (χ2v) is 6.72. The van der Waals surface area contributed by atoms with Crippen molar-refractivity contribution in [2.24, 2.45) is 5.92 Å². The quantitative estimate of drug-likeness (QED) is 0.907. The zero-order valence-electron chi connectivity index (χ0n) is 11.3. The number of rotatable bonds is 3. The number of hydrogen-bond donors (Lipinski definition) is 1. The van der Waals surface area contributed by atoms with Crippen LogP contribution in [0.25, 0.3) is 11.0 Å². The van der Waals surface area contributed by atoms with Crippen molar-refractivity contribution in [3.8, 4) is 0 Å². The van der Waals surface area contributed by atoms with Crippen LogP contribution < -0.4 is 0 Å². The summed E-state index contributed by atoms with van der Waals surface area (Å²) >= 11 is 2.02. The van der Waals surface area contributed by atoms with Gasteiger partial charge in [0.1, 0.15) is 17.4 Å². The first-order chi connectivity index (χ1) is 9.22. The van der Waals surface area contributed by atoms with Crippen LogP contribution in [0.5, 0.6) is 0 Å². The number of furan rings is 1. The SMILES string of the molecule is Cc1ccc2oc(C(O)CC3CCSCC3)cc2c1. The van der Waals surface area contributed by atoms with Crippen molar-refractivity contribution in [3.63, 3.8) is 0 Å². The third-order valence-electron chi connectivity index (χ3n) is 3.92. The van der Waals surface area contributed by atoms with Gasteiger partial charge in [-0.1, -0.05) is 11.6 Å². The van der Waals surface area contributed by atoms with E-state index < -0.39 is 6.10 Å². The van der Waals surface area contributed by atoms with E-state index in [0.29, 0.717) is 5.92 Å². The fraction of sp³-hybridized carbons (Fsp3) is 0.500. The summed E-state index contributed by atoms with van der Waals surface area (Å²) in [4.78, 5) is 0. The highest BCUT2D eigenvalue weighted by Crippen LogP contribution is 2.33. The molecule has 2 nitrogen and oxygen atoms in total. The molecule has 1 unspecified atom stereocenters. The van der Waals surface area contributed by atoms with Crippen molar-refractivity contribution < 1.29 is 9.52 Å². The summed E-state index contributed by atoms with van der Waals surface area (Å²) in [5, 5.41) is 11.4. The minimum Gasteiger partial charge on any atom is -0.458 e. The predicted molar refractivity (Wildman–Crippen MR) is 80.6 cm³/mol. The van der Waals surface area contributed by atoms with E-state index in [0.717, 1.165) is 23.2 Å². The van der Waals surface area contributed by atoms with Crippen LogP contribution in [0, 0.1) is 12.8 Å². The Balaban J connectivity index is 1.75. The molecule has 2 heterocycles. The van der Waals surface area contributed by atoms with E-state index in [9.17, 15) is 5.11 Å². The summed E-state index contributed by atoms with van der Waals surface area (Å²) in [6.45, 7) is 2.07. The van der Waals surface area contributed by atoms with Crippen molar-refractivity contribution in [2.75, 3.05) is 11.5 Å². The van der Waals surface area contributed by atoms with Crippen LogP contribution in [-0.4, -0.2) is 16.6 Å². The molecule has 0 saturated carbocycles. The Morgan fingerprint density at radius 3 is 2.89 bits per heavy atom. The lowest BCUT2D eigenvalue weighted by atomic mass is 9.94. The molecule has 2 aromatic rings. The zero-order chi connectivity index (χ0) is 13.2. The first kappa shape index (κ1) is 13.1. The molecule has 3 heteroatoms. The van der Waals surface area contributed by atoms with Gasteiger partial charge in [-0.3, -0.25) is 0 Å². The molecule has 1 saturated heterocycles. The fourth-order valence-corrected chi connectivity index (χ4v) is 3.97. The Hall–Kier alpha value is -0.930. The van der Waals surface area contributed by atoms with Crippen molar-refractivity contribution in [1.82, 2.24) is 0 Å². The second kappa shape index (κ2) is 5.59. The Kier molecular flexibility index (Phi) is 3.85. The summed E-state index contributed by atoms with van der Waals surface area (Å²) in [6.07, 6.45) is 2.82. The molecular formula is C16H20O2S. The van der Waals surface area contributed by atoms with Crippen molar-refractivity contribution in [1.29, 1.82) is 0 Å². The van der Waals surface area contributed by atoms with Crippen LogP contribution >= 0.6 is 11.8 Å². The first-order valence-electron chi connectivity index (χ1n) is 6.98. The van der Waals surface area contributed by atoms with Crippen LogP contribution in [0.2, 0.25) is 0 Å². The fourth-order valence-electron chi connectivity index (χ4n) is 2.76. The molecule has 0 amide bonds. The van der Waals surface area contributed by atoms with Gasteiger partial charge in [-0.2, -0.15) is 11.8 Å². The normalized spacial score (nSPS) is 18.8. The minimum absolute atomic E-state index is 0.458. The van der Waals surface area contributed by atoms with Gasteiger partial charge < -0.3 is 9.52 Å². The maximum Gasteiger partial charge on any atom is 0.134 e. The van der Waals surface area contributed by atoms with Crippen molar-refractivity contribution >= 4 is 22.7 Å². The molecular weight excluding hydrogens is 256 g/mol. The van der Waals surface area contributed by atoms with Gasteiger partial charge in [-0.05, 0) is 61.8 Å². The monoisotopic (exact) mass is 276 g/mol. The standard InChI is InChI=1S/C16H20O2S/c1-11-2-3-15-13(8-11)10-16(18-15)14(17)9-12-4-6-19-7-5-12/h2-3,8,10,12,14,17H,4-7,9H2,1H3. The number of aliphatic hydroxyl groups is 1. The molecule has 3 rings (SSSR count). The summed E-state index contributed by atoms with van der Waals surface area (Å²) in [7, 11) is 0. The van der Waals surface area contributed by atoms with Crippen LogP contribution in [0.15, 0.2) is 28.7 Å². The molecule has 19 heavy (non-hydrogen) atoms. The van der Waals surface area contributed by atoms with E-state index in [1.165, 1.54) is 29.9 Å². The summed E-state index contributed by atoms with van der Waals surface area (Å²) < 4.78 is 5.77. The highest BCUT2D eigenvalue weighted by Gasteiger charge is 2.21. The van der Waals surface area contributed by atoms with Crippen molar-refractivity contribution in [3.05, 3.63) is 35.6 Å². The smallest absolute Gasteiger partial charge is 0.134 e. The Labute approximate surface area is 118 Å². The minimum atomic E-state index is -0.458. The van der Waals surface area contributed by atoms with Gasteiger partial charge in [0.25, 0.3) is 0 Å². The number of aryl methyl sites for hydroxylation is 1. The molecule has 1 fully saturated rings. The predicted octanol–water partition coefficient (Wildman–Crippen LogP) is 4.31. The first-order valence-corrected chi connectivity index (χ1v) is 8.14. The van der Waals surface area contributed by atoms with Crippen LogP contribution in [0.4, 0.5) is 0 Å². The van der Waals surface area contributed by atoms with Crippen LogP contribution in [0.3, 0.4) is 0 Å². The largest absolute Gasteiger partial charge is 0.458 e. The van der Waals surface area contributed by atoms with E-state index in [1.807, 2.05) is 30.0 Å². The lowest BCUT2D eigenvalue weighted by Crippen LogP contribution is -2.13. The average Bonchev–Trinajstić information content (AvgIpc) is 2.83. The van der Waals surface area contributed by atoms with Gasteiger partial charge in [0, 0.05) is 5.39 Å². The topological polar surface area (TPSA) is 33.4 Å². The van der Waals surface area contributed by atoms with E-state index >= 15 is 0 Å². The molecule has 1 N–H and O–H groups in total. The maximum absolute atomic E-state index is 10.3. The number of hydrogen-bond acceptors (Lipinski definition) is 3. The molecule has 102 valence electrons. The van der Waals surface area contributed by atoms with Gasteiger partial charge in [0.2, 0.25) is 0 Å². The molecule has 0 aliphatic carbocycles. The highest BCUT2D eigenvalue weighted by molar-refractivity contribution is 7.99. The lowest BCUT2D eigenvalue weighted by molar-refractivity contribution is 0.119. The number of fused-ring (bicyclic) bond motifs is 1. The van der Waals surface area contributed by atoms with Crippen LogP contribution in [-0.2, 0) is 0 Å². The van der Waals surface area contributed by atoms with E-state index in [4.69, 9.17) is 4.42 Å². The average molecular weight is 276 g/mol. The molecule has 1 aromatic carbocycles. The Morgan fingerprint density at radius 2 is 2.11 bits per heavy atom. The highest BCUT2D eigenvalue weighted by atomic mass is 32.2. The molecule has 0 radical (unpaired) electrons. The summed E-state index contributed by atoms with van der Waals surface area (Å²) in [5.74, 6) is 3.83. The van der Waals surface area contributed by atoms with Gasteiger partial charge in [0.05, 0.1) is 0 Å². The molecule has 1 aliphatic rings. The molecule has 1 atom stereocenters. The van der Waals surface area contributed by atoms with E-state index in [1.54, 1.807) is 0 Å². The van der Waals surface area contributed by atoms with Gasteiger partial charge in [0.15, 0.2) is 0 Å². The van der Waals surface area contributed by atoms with Crippen molar-refractivity contribution in [2.45, 2.75) is 32.3 Å². The van der Waals surface area contributed by atoms with Gasteiger partial charge >= 0.3 is 0 Å². The zero-order valence-corrected chi connectivity index (χ0v) is 12.1. The molecule has 1 aromatic heterocycles. The number of thioether (sulfide) groups is 1. The summed E-state index contributed by atoms with van der Waals surface area (Å²) in [6, 6.07) is 8.12.